The van der Waals surface area contributed by atoms with Gasteiger partial charge >= 0.3 is 0 Å². The molecule has 0 aliphatic carbocycles. The molecule has 0 heterocycles. The third-order valence-electron chi connectivity index (χ3n) is 4.07. The average molecular weight is 277 g/mol. The van der Waals surface area contributed by atoms with Gasteiger partial charge in [-0.15, -0.1) is 0 Å². The third kappa shape index (κ3) is 8.03. The van der Waals surface area contributed by atoms with E-state index in [1.54, 1.807) is 0 Å². The molecule has 0 fully saturated rings. The lowest BCUT2D eigenvalue weighted by atomic mass is 9.88. The van der Waals surface area contributed by atoms with Crippen LogP contribution < -0.4 is 0 Å². The van der Waals surface area contributed by atoms with E-state index in [2.05, 4.69) is 68.7 Å². The zero-order valence-corrected chi connectivity index (χ0v) is 14.0. The largest absolute Gasteiger partial charge is 0.293 e. The minimum absolute atomic E-state index is 0.563. The molecule has 3 atom stereocenters. The molecule has 0 N–H and O–H groups in total. The van der Waals surface area contributed by atoms with Gasteiger partial charge in [-0.05, 0) is 42.6 Å². The molecule has 0 rings (SSSR count). The van der Waals surface area contributed by atoms with Crippen molar-refractivity contribution >= 4 is 18.6 Å². The second-order valence-corrected chi connectivity index (χ2v) is 6.01. The fourth-order valence-corrected chi connectivity index (χ4v) is 1.75. The van der Waals surface area contributed by atoms with E-state index in [1.165, 1.54) is 5.71 Å². The molecule has 0 aromatic heterocycles. The van der Waals surface area contributed by atoms with Gasteiger partial charge in [-0.3, -0.25) is 4.99 Å². The van der Waals surface area contributed by atoms with Crippen LogP contribution in [0.25, 0.3) is 0 Å². The summed E-state index contributed by atoms with van der Waals surface area (Å²) in [6, 6.07) is 0. The lowest BCUT2D eigenvalue weighted by Gasteiger charge is -2.18. The van der Waals surface area contributed by atoms with Gasteiger partial charge in [0.1, 0.15) is 0 Å². The molecule has 0 amide bonds. The van der Waals surface area contributed by atoms with Gasteiger partial charge in [0.2, 0.25) is 0 Å². The molecule has 0 saturated heterocycles. The minimum Gasteiger partial charge on any atom is -0.293 e. The highest BCUT2D eigenvalue weighted by molar-refractivity contribution is 5.95. The van der Waals surface area contributed by atoms with Gasteiger partial charge in [-0.1, -0.05) is 40.7 Å². The van der Waals surface area contributed by atoms with Gasteiger partial charge in [0, 0.05) is 25.7 Å². The monoisotopic (exact) mass is 277 g/mol. The number of rotatable bonds is 9. The normalized spacial score (nSPS) is 17.9. The zero-order valence-electron chi connectivity index (χ0n) is 14.0. The molecule has 0 saturated carbocycles. The molecule has 3 nitrogen and oxygen atoms in total. The van der Waals surface area contributed by atoms with Gasteiger partial charge in [0.05, 0.1) is 0 Å². The Morgan fingerprint density at radius 3 is 2.25 bits per heavy atom. The Morgan fingerprint density at radius 2 is 1.75 bits per heavy atom. The summed E-state index contributed by atoms with van der Waals surface area (Å²) in [6.07, 6.45) is 8.24. The van der Waals surface area contributed by atoms with Crippen LogP contribution in [0, 0.1) is 23.7 Å². The van der Waals surface area contributed by atoms with Crippen LogP contribution in [-0.2, 0) is 0 Å². The van der Waals surface area contributed by atoms with Crippen molar-refractivity contribution in [3.8, 4) is 0 Å². The molecule has 3 unspecified atom stereocenters. The second-order valence-electron chi connectivity index (χ2n) is 6.01. The van der Waals surface area contributed by atoms with E-state index in [0.717, 1.165) is 12.8 Å². The molecule has 20 heavy (non-hydrogen) atoms. The topological polar surface area (TPSA) is 37.1 Å². The fourth-order valence-electron chi connectivity index (χ4n) is 1.75. The SMILES string of the molecule is C=N/N=C/CC(C)C(C)CC(/C=C\C(C)C(C)C)=NC. The summed E-state index contributed by atoms with van der Waals surface area (Å²) < 4.78 is 0. The maximum absolute atomic E-state index is 4.41. The third-order valence-corrected chi connectivity index (χ3v) is 4.07. The first-order valence-electron chi connectivity index (χ1n) is 7.53. The summed E-state index contributed by atoms with van der Waals surface area (Å²) in [4.78, 5) is 4.41. The van der Waals surface area contributed by atoms with Crippen molar-refractivity contribution < 1.29 is 0 Å². The van der Waals surface area contributed by atoms with Crippen molar-refractivity contribution in [3.63, 3.8) is 0 Å². The first-order chi connectivity index (χ1) is 9.42. The molecule has 0 bridgehead atoms. The molecule has 0 spiro atoms. The van der Waals surface area contributed by atoms with Crippen molar-refractivity contribution in [2.75, 3.05) is 7.05 Å². The van der Waals surface area contributed by atoms with Crippen LogP contribution >= 0.6 is 0 Å². The molecule has 0 aliphatic heterocycles. The summed E-state index contributed by atoms with van der Waals surface area (Å²) in [5.41, 5.74) is 1.18. The van der Waals surface area contributed by atoms with Crippen molar-refractivity contribution in [2.24, 2.45) is 38.9 Å². The quantitative estimate of drug-likeness (QED) is 0.435. The standard InChI is InChI=1S/C17H31N3/c1-13(2)14(3)8-9-17(18-6)12-16(5)15(4)10-11-20-19-7/h8-9,11,13-16H,7,10,12H2,1-6H3/b9-8-,18-17?,20-11+. The number of nitrogens with zero attached hydrogens (tertiary/aromatic N) is 3. The van der Waals surface area contributed by atoms with Gasteiger partial charge in [0.15, 0.2) is 0 Å². The fraction of sp³-hybridized carbons (Fsp3) is 0.706. The number of hydrogen-bond donors (Lipinski definition) is 0. The van der Waals surface area contributed by atoms with Crippen molar-refractivity contribution in [1.82, 2.24) is 0 Å². The van der Waals surface area contributed by atoms with Gasteiger partial charge in [0.25, 0.3) is 0 Å². The first-order valence-corrected chi connectivity index (χ1v) is 7.53. The van der Waals surface area contributed by atoms with Crippen LogP contribution in [0.1, 0.15) is 47.5 Å². The Labute approximate surface area is 125 Å². The minimum atomic E-state index is 0.563. The summed E-state index contributed by atoms with van der Waals surface area (Å²) in [6.45, 7) is 14.6. The number of hydrogen-bond acceptors (Lipinski definition) is 3. The predicted molar refractivity (Wildman–Crippen MR) is 92.1 cm³/mol. The second kappa shape index (κ2) is 10.5. The van der Waals surface area contributed by atoms with Gasteiger partial charge < -0.3 is 0 Å². The van der Waals surface area contributed by atoms with Crippen LogP contribution in [0.15, 0.2) is 27.3 Å². The van der Waals surface area contributed by atoms with E-state index in [9.17, 15) is 0 Å². The lowest BCUT2D eigenvalue weighted by molar-refractivity contribution is 0.414. The Balaban J connectivity index is 4.42. The van der Waals surface area contributed by atoms with Crippen molar-refractivity contribution in [3.05, 3.63) is 12.2 Å². The highest BCUT2D eigenvalue weighted by Crippen LogP contribution is 2.19. The summed E-state index contributed by atoms with van der Waals surface area (Å²) in [7, 11) is 1.88. The molecule has 114 valence electrons. The van der Waals surface area contributed by atoms with Crippen LogP contribution in [-0.4, -0.2) is 25.7 Å². The molecular weight excluding hydrogens is 246 g/mol. The molecule has 0 aliphatic rings. The van der Waals surface area contributed by atoms with Crippen LogP contribution in [0.3, 0.4) is 0 Å². The smallest absolute Gasteiger partial charge is 0.0344 e. The van der Waals surface area contributed by atoms with Gasteiger partial charge in [-0.25, -0.2) is 0 Å². The van der Waals surface area contributed by atoms with Crippen LogP contribution in [0.5, 0.6) is 0 Å². The van der Waals surface area contributed by atoms with Crippen LogP contribution in [0.2, 0.25) is 0 Å². The highest BCUT2D eigenvalue weighted by atomic mass is 15.2. The Bertz CT molecular complexity index is 353. The van der Waals surface area contributed by atoms with E-state index in [-0.39, 0.29) is 0 Å². The number of aliphatic imine (C=N–C) groups is 1. The van der Waals surface area contributed by atoms with E-state index in [4.69, 9.17) is 0 Å². The molecule has 0 aromatic carbocycles. The van der Waals surface area contributed by atoms with E-state index < -0.39 is 0 Å². The van der Waals surface area contributed by atoms with E-state index >= 15 is 0 Å². The molecule has 3 heteroatoms. The zero-order chi connectivity index (χ0) is 15.5. The van der Waals surface area contributed by atoms with Crippen molar-refractivity contribution in [1.29, 1.82) is 0 Å². The summed E-state index contributed by atoms with van der Waals surface area (Å²) in [5.74, 6) is 2.39. The van der Waals surface area contributed by atoms with E-state index in [0.29, 0.717) is 23.7 Å². The number of allylic oxidation sites excluding steroid dienone is 2. The Morgan fingerprint density at radius 1 is 1.10 bits per heavy atom. The Kier molecular flexibility index (Phi) is 9.87. The van der Waals surface area contributed by atoms with Gasteiger partial charge in [-0.2, -0.15) is 10.2 Å². The van der Waals surface area contributed by atoms with E-state index in [1.807, 2.05) is 13.3 Å². The maximum Gasteiger partial charge on any atom is 0.0344 e. The maximum atomic E-state index is 4.41. The van der Waals surface area contributed by atoms with Crippen LogP contribution in [0.4, 0.5) is 0 Å². The molecular formula is C17H31N3. The summed E-state index contributed by atoms with van der Waals surface area (Å²) >= 11 is 0. The predicted octanol–water partition coefficient (Wildman–Crippen LogP) is 4.64. The van der Waals surface area contributed by atoms with Crippen molar-refractivity contribution in [2.45, 2.75) is 47.5 Å². The highest BCUT2D eigenvalue weighted by Gasteiger charge is 2.13. The Hall–Kier alpha value is -1.25. The lowest BCUT2D eigenvalue weighted by Crippen LogP contribution is -2.13. The molecule has 0 radical (unpaired) electrons. The summed E-state index contributed by atoms with van der Waals surface area (Å²) in [5, 5.41) is 7.31. The average Bonchev–Trinajstić information content (AvgIpc) is 2.42. The first kappa shape index (κ1) is 18.8. The molecule has 0 aromatic rings.